The average molecular weight is 302 g/mol. The van der Waals surface area contributed by atoms with E-state index in [0.29, 0.717) is 0 Å². The van der Waals surface area contributed by atoms with Crippen LogP contribution in [-0.2, 0) is 11.2 Å². The molecule has 1 amide bonds. The van der Waals surface area contributed by atoms with Gasteiger partial charge in [0.2, 0.25) is 0 Å². The minimum atomic E-state index is -0.426. The van der Waals surface area contributed by atoms with E-state index in [-0.39, 0.29) is 12.1 Å². The van der Waals surface area contributed by atoms with Crippen molar-refractivity contribution in [1.82, 2.24) is 4.90 Å². The molecule has 0 aromatic heterocycles. The number of nitrogens with zero attached hydrogens (tertiary/aromatic N) is 2. The highest BCUT2D eigenvalue weighted by Gasteiger charge is 2.34. The molecule has 1 aromatic rings. The fourth-order valence-corrected chi connectivity index (χ4v) is 3.44. The topological polar surface area (TPSA) is 32.8 Å². The first-order valence-electron chi connectivity index (χ1n) is 8.26. The van der Waals surface area contributed by atoms with E-state index in [9.17, 15) is 4.79 Å². The highest BCUT2D eigenvalue weighted by atomic mass is 16.6. The van der Waals surface area contributed by atoms with Crippen molar-refractivity contribution in [2.45, 2.75) is 51.7 Å². The summed E-state index contributed by atoms with van der Waals surface area (Å²) in [7, 11) is 0. The van der Waals surface area contributed by atoms with Gasteiger partial charge in [0, 0.05) is 25.3 Å². The van der Waals surface area contributed by atoms with E-state index in [1.54, 1.807) is 0 Å². The first-order valence-corrected chi connectivity index (χ1v) is 8.26. The third-order valence-electron chi connectivity index (χ3n) is 4.42. The van der Waals surface area contributed by atoms with E-state index >= 15 is 0 Å². The number of anilines is 1. The van der Waals surface area contributed by atoms with Crippen LogP contribution in [-0.4, -0.2) is 42.3 Å². The van der Waals surface area contributed by atoms with Gasteiger partial charge in [0.15, 0.2) is 0 Å². The lowest BCUT2D eigenvalue weighted by atomic mass is 10.1. The summed E-state index contributed by atoms with van der Waals surface area (Å²) in [4.78, 5) is 16.7. The van der Waals surface area contributed by atoms with Crippen LogP contribution in [0.15, 0.2) is 24.3 Å². The van der Waals surface area contributed by atoms with Gasteiger partial charge in [-0.1, -0.05) is 18.2 Å². The number of para-hydroxylation sites is 1. The molecule has 0 aliphatic carbocycles. The molecule has 4 nitrogen and oxygen atoms in total. The second-order valence-electron chi connectivity index (χ2n) is 7.29. The molecule has 2 aliphatic heterocycles. The maximum atomic E-state index is 12.4. The molecule has 22 heavy (non-hydrogen) atoms. The number of rotatable bonds is 2. The molecule has 1 aromatic carbocycles. The lowest BCUT2D eigenvalue weighted by molar-refractivity contribution is 0.0231. The molecule has 3 rings (SSSR count). The maximum absolute atomic E-state index is 12.4. The Morgan fingerprint density at radius 3 is 2.82 bits per heavy atom. The Kier molecular flexibility index (Phi) is 4.02. The molecular weight excluding hydrogens is 276 g/mol. The summed E-state index contributed by atoms with van der Waals surface area (Å²) in [5.74, 6) is 0. The van der Waals surface area contributed by atoms with Gasteiger partial charge in [0.25, 0.3) is 0 Å². The highest BCUT2D eigenvalue weighted by molar-refractivity contribution is 5.69. The average Bonchev–Trinajstić information content (AvgIpc) is 3.05. The highest BCUT2D eigenvalue weighted by Crippen LogP contribution is 2.30. The van der Waals surface area contributed by atoms with Crippen molar-refractivity contribution < 1.29 is 9.53 Å². The third kappa shape index (κ3) is 3.21. The van der Waals surface area contributed by atoms with Crippen LogP contribution in [0.1, 0.15) is 39.2 Å². The van der Waals surface area contributed by atoms with Gasteiger partial charge < -0.3 is 14.5 Å². The molecule has 2 aliphatic rings. The van der Waals surface area contributed by atoms with E-state index in [0.717, 1.165) is 38.9 Å². The molecule has 1 atom stereocenters. The molecule has 0 N–H and O–H groups in total. The predicted octanol–water partition coefficient (Wildman–Crippen LogP) is 3.45. The Morgan fingerprint density at radius 1 is 1.27 bits per heavy atom. The number of amides is 1. The minimum absolute atomic E-state index is 0.164. The second kappa shape index (κ2) is 5.82. The normalized spacial score (nSPS) is 21.1. The number of carbonyl (C=O) groups excluding carboxylic acids is 1. The lowest BCUT2D eigenvalue weighted by Crippen LogP contribution is -2.45. The van der Waals surface area contributed by atoms with Crippen molar-refractivity contribution in [3.8, 4) is 0 Å². The van der Waals surface area contributed by atoms with Crippen molar-refractivity contribution in [2.75, 3.05) is 24.5 Å². The summed E-state index contributed by atoms with van der Waals surface area (Å²) in [6, 6.07) is 8.86. The molecule has 1 fully saturated rings. The van der Waals surface area contributed by atoms with Crippen LogP contribution in [0.25, 0.3) is 0 Å². The van der Waals surface area contributed by atoms with Crippen molar-refractivity contribution in [3.05, 3.63) is 29.8 Å². The smallest absolute Gasteiger partial charge is 0.410 e. The van der Waals surface area contributed by atoms with Crippen LogP contribution in [0.3, 0.4) is 0 Å². The summed E-state index contributed by atoms with van der Waals surface area (Å²) >= 11 is 0. The van der Waals surface area contributed by atoms with Crippen molar-refractivity contribution >= 4 is 11.8 Å². The second-order valence-corrected chi connectivity index (χ2v) is 7.29. The van der Waals surface area contributed by atoms with Crippen LogP contribution in [0.2, 0.25) is 0 Å². The Balaban J connectivity index is 1.66. The zero-order valence-electron chi connectivity index (χ0n) is 13.8. The van der Waals surface area contributed by atoms with Crippen LogP contribution < -0.4 is 4.90 Å². The molecule has 120 valence electrons. The van der Waals surface area contributed by atoms with E-state index in [4.69, 9.17) is 4.74 Å². The fourth-order valence-electron chi connectivity index (χ4n) is 3.44. The van der Waals surface area contributed by atoms with Gasteiger partial charge in [-0.05, 0) is 51.7 Å². The van der Waals surface area contributed by atoms with E-state index in [2.05, 4.69) is 29.2 Å². The Bertz CT molecular complexity index is 550. The molecule has 0 saturated carbocycles. The number of carbonyl (C=O) groups is 1. The quantitative estimate of drug-likeness (QED) is 0.839. The largest absolute Gasteiger partial charge is 0.444 e. The summed E-state index contributed by atoms with van der Waals surface area (Å²) in [5.41, 5.74) is 2.33. The summed E-state index contributed by atoms with van der Waals surface area (Å²) in [6.07, 6.45) is 3.08. The van der Waals surface area contributed by atoms with E-state index in [1.165, 1.54) is 11.3 Å². The van der Waals surface area contributed by atoms with Gasteiger partial charge in [0.1, 0.15) is 5.60 Å². The summed E-state index contributed by atoms with van der Waals surface area (Å²) in [6.45, 7) is 8.55. The van der Waals surface area contributed by atoms with Crippen molar-refractivity contribution in [2.24, 2.45) is 0 Å². The molecule has 4 heteroatoms. The minimum Gasteiger partial charge on any atom is -0.444 e. The van der Waals surface area contributed by atoms with E-state index < -0.39 is 5.60 Å². The van der Waals surface area contributed by atoms with Crippen molar-refractivity contribution in [3.63, 3.8) is 0 Å². The maximum Gasteiger partial charge on any atom is 0.410 e. The van der Waals surface area contributed by atoms with Crippen LogP contribution in [0.4, 0.5) is 10.5 Å². The number of hydrogen-bond acceptors (Lipinski definition) is 3. The molecule has 2 heterocycles. The monoisotopic (exact) mass is 302 g/mol. The Morgan fingerprint density at radius 2 is 2.05 bits per heavy atom. The number of fused-ring (bicyclic) bond motifs is 1. The summed E-state index contributed by atoms with van der Waals surface area (Å²) < 4.78 is 5.55. The van der Waals surface area contributed by atoms with Crippen molar-refractivity contribution in [1.29, 1.82) is 0 Å². The van der Waals surface area contributed by atoms with Gasteiger partial charge in [-0.15, -0.1) is 0 Å². The predicted molar refractivity (Wildman–Crippen MR) is 88.3 cm³/mol. The van der Waals surface area contributed by atoms with Crippen LogP contribution in [0, 0.1) is 0 Å². The number of ether oxygens (including phenoxy) is 1. The molecule has 0 radical (unpaired) electrons. The van der Waals surface area contributed by atoms with Gasteiger partial charge >= 0.3 is 6.09 Å². The number of likely N-dealkylation sites (tertiary alicyclic amines) is 1. The standard InChI is InChI=1S/C18H26N2O2/c1-18(2,3)22-17(21)20-11-6-8-15(20)13-19-12-10-14-7-4-5-9-16(14)19/h4-5,7,9,15H,6,8,10-13H2,1-3H3. The first-order chi connectivity index (χ1) is 10.4. The summed E-state index contributed by atoms with van der Waals surface area (Å²) in [5, 5.41) is 0. The first kappa shape index (κ1) is 15.2. The zero-order valence-corrected chi connectivity index (χ0v) is 13.8. The van der Waals surface area contributed by atoms with Gasteiger partial charge in [-0.3, -0.25) is 0 Å². The molecular formula is C18H26N2O2. The van der Waals surface area contributed by atoms with Gasteiger partial charge in [0.05, 0.1) is 6.04 Å². The number of hydrogen-bond donors (Lipinski definition) is 0. The molecule has 1 saturated heterocycles. The molecule has 0 spiro atoms. The van der Waals surface area contributed by atoms with E-state index in [1.807, 2.05) is 25.7 Å². The van der Waals surface area contributed by atoms with Crippen LogP contribution in [0.5, 0.6) is 0 Å². The molecule has 1 unspecified atom stereocenters. The SMILES string of the molecule is CC(C)(C)OC(=O)N1CCCC1CN1CCc2ccccc21. The third-order valence-corrected chi connectivity index (χ3v) is 4.42. The van der Waals surface area contributed by atoms with Crippen LogP contribution >= 0.6 is 0 Å². The lowest BCUT2D eigenvalue weighted by Gasteiger charge is -2.31. The Hall–Kier alpha value is -1.71. The van der Waals surface area contributed by atoms with Gasteiger partial charge in [-0.2, -0.15) is 0 Å². The van der Waals surface area contributed by atoms with Gasteiger partial charge in [-0.25, -0.2) is 4.79 Å². The number of benzene rings is 1. The zero-order chi connectivity index (χ0) is 15.7. The molecule has 0 bridgehead atoms. The fraction of sp³-hybridized carbons (Fsp3) is 0.611. The Labute approximate surface area is 133 Å².